The number of hydrogen-bond acceptors (Lipinski definition) is 0. The first kappa shape index (κ1) is 8.33. The standard InChI is InChI=1S/C5H7F2I/c1-2-3-4-5(6,7)8/h2-3H,4H2,1H3/b3-2+. The summed E-state index contributed by atoms with van der Waals surface area (Å²) < 4.78 is 21.1. The van der Waals surface area contributed by atoms with Crippen molar-refractivity contribution in [2.45, 2.75) is 17.3 Å². The van der Waals surface area contributed by atoms with Crippen molar-refractivity contribution in [1.82, 2.24) is 0 Å². The van der Waals surface area contributed by atoms with E-state index in [1.165, 1.54) is 6.08 Å². The van der Waals surface area contributed by atoms with Crippen molar-refractivity contribution in [3.05, 3.63) is 12.2 Å². The van der Waals surface area contributed by atoms with Crippen LogP contribution in [0.5, 0.6) is 0 Å². The van der Waals surface area contributed by atoms with Crippen LogP contribution in [0.2, 0.25) is 0 Å². The molecule has 0 unspecified atom stereocenters. The van der Waals surface area contributed by atoms with Crippen molar-refractivity contribution >= 4 is 22.6 Å². The van der Waals surface area contributed by atoms with Crippen LogP contribution in [0, 0.1) is 0 Å². The molecule has 0 bridgehead atoms. The fraction of sp³-hybridized carbons (Fsp3) is 0.600. The summed E-state index contributed by atoms with van der Waals surface area (Å²) in [6.45, 7) is 1.72. The first-order valence-electron chi connectivity index (χ1n) is 2.24. The first-order chi connectivity index (χ1) is 3.56. The van der Waals surface area contributed by atoms with Gasteiger partial charge in [0.25, 0.3) is 3.93 Å². The van der Waals surface area contributed by atoms with Gasteiger partial charge in [0.05, 0.1) is 0 Å². The highest BCUT2D eigenvalue weighted by Gasteiger charge is 2.20. The van der Waals surface area contributed by atoms with E-state index in [0.717, 1.165) is 22.6 Å². The van der Waals surface area contributed by atoms with Crippen LogP contribution < -0.4 is 0 Å². The molecule has 0 aliphatic heterocycles. The third kappa shape index (κ3) is 6.33. The number of halogens is 3. The van der Waals surface area contributed by atoms with Gasteiger partial charge in [0.15, 0.2) is 0 Å². The zero-order valence-electron chi connectivity index (χ0n) is 4.50. The first-order valence-corrected chi connectivity index (χ1v) is 3.32. The van der Waals surface area contributed by atoms with Crippen LogP contribution >= 0.6 is 22.6 Å². The van der Waals surface area contributed by atoms with E-state index in [9.17, 15) is 8.78 Å². The van der Waals surface area contributed by atoms with Crippen molar-refractivity contribution in [2.24, 2.45) is 0 Å². The highest BCUT2D eigenvalue weighted by atomic mass is 127. The average molecular weight is 232 g/mol. The predicted octanol–water partition coefficient (Wildman–Crippen LogP) is 2.98. The maximum absolute atomic E-state index is 11.8. The molecule has 0 aromatic heterocycles. The second-order valence-corrected chi connectivity index (χ2v) is 2.97. The summed E-state index contributed by atoms with van der Waals surface area (Å²) in [4.78, 5) is 0. The maximum atomic E-state index is 11.8. The van der Waals surface area contributed by atoms with Crippen LogP contribution in [0.4, 0.5) is 8.78 Å². The van der Waals surface area contributed by atoms with Gasteiger partial charge in [0.1, 0.15) is 0 Å². The van der Waals surface area contributed by atoms with E-state index in [0.29, 0.717) is 0 Å². The van der Waals surface area contributed by atoms with Crippen LogP contribution in [0.15, 0.2) is 12.2 Å². The third-order valence-electron chi connectivity index (χ3n) is 0.585. The smallest absolute Gasteiger partial charge is 0.195 e. The zero-order chi connectivity index (χ0) is 6.62. The van der Waals surface area contributed by atoms with Gasteiger partial charge in [-0.15, -0.1) is 0 Å². The summed E-state index contributed by atoms with van der Waals surface area (Å²) in [5, 5.41) is 0. The second-order valence-electron chi connectivity index (χ2n) is 1.39. The Balaban J connectivity index is 3.39. The molecule has 0 N–H and O–H groups in total. The molecular weight excluding hydrogens is 225 g/mol. The minimum Gasteiger partial charge on any atom is -0.195 e. The van der Waals surface area contributed by atoms with E-state index in [1.54, 1.807) is 13.0 Å². The Morgan fingerprint density at radius 2 is 2.12 bits per heavy atom. The lowest BCUT2D eigenvalue weighted by Crippen LogP contribution is -2.00. The lowest BCUT2D eigenvalue weighted by Gasteiger charge is -2.01. The molecule has 48 valence electrons. The predicted molar refractivity (Wildman–Crippen MR) is 38.4 cm³/mol. The minimum atomic E-state index is -2.57. The summed E-state index contributed by atoms with van der Waals surface area (Å²) >= 11 is 1.12. The Morgan fingerprint density at radius 1 is 1.62 bits per heavy atom. The molecule has 8 heavy (non-hydrogen) atoms. The van der Waals surface area contributed by atoms with Crippen molar-refractivity contribution in [1.29, 1.82) is 0 Å². The topological polar surface area (TPSA) is 0 Å². The van der Waals surface area contributed by atoms with Crippen LogP contribution in [-0.4, -0.2) is 3.93 Å². The molecule has 0 aromatic rings. The minimum absolute atomic E-state index is 0.163. The molecule has 0 amide bonds. The molecule has 0 fully saturated rings. The Bertz CT molecular complexity index is 82.9. The third-order valence-corrected chi connectivity index (χ3v) is 1.03. The highest BCUT2D eigenvalue weighted by Crippen LogP contribution is 2.26. The van der Waals surface area contributed by atoms with Crippen molar-refractivity contribution in [2.75, 3.05) is 0 Å². The van der Waals surface area contributed by atoms with E-state index in [4.69, 9.17) is 0 Å². The van der Waals surface area contributed by atoms with Gasteiger partial charge in [-0.2, -0.15) is 8.78 Å². The number of alkyl halides is 3. The van der Waals surface area contributed by atoms with Gasteiger partial charge in [-0.3, -0.25) is 0 Å². The van der Waals surface area contributed by atoms with Gasteiger partial charge in [-0.25, -0.2) is 0 Å². The van der Waals surface area contributed by atoms with E-state index in [1.807, 2.05) is 0 Å². The van der Waals surface area contributed by atoms with Crippen molar-refractivity contribution in [3.8, 4) is 0 Å². The quantitative estimate of drug-likeness (QED) is 0.390. The number of hydrogen-bond donors (Lipinski definition) is 0. The van der Waals surface area contributed by atoms with Gasteiger partial charge in [0, 0.05) is 6.42 Å². The van der Waals surface area contributed by atoms with E-state index >= 15 is 0 Å². The molecule has 0 saturated heterocycles. The molecule has 0 heterocycles. The molecule has 0 radical (unpaired) electrons. The summed E-state index contributed by atoms with van der Waals surface area (Å²) in [7, 11) is 0. The average Bonchev–Trinajstić information content (AvgIpc) is 1.59. The Morgan fingerprint density at radius 3 is 2.25 bits per heavy atom. The van der Waals surface area contributed by atoms with Crippen molar-refractivity contribution < 1.29 is 8.78 Å². The highest BCUT2D eigenvalue weighted by molar-refractivity contribution is 14.1. The molecule has 0 aromatic carbocycles. The summed E-state index contributed by atoms with van der Waals surface area (Å²) in [5.74, 6) is 0. The normalized spacial score (nSPS) is 13.0. The molecule has 0 atom stereocenters. The SMILES string of the molecule is C/C=C/CC(F)(F)I. The van der Waals surface area contributed by atoms with Crippen LogP contribution in [0.25, 0.3) is 0 Å². The molecule has 3 heteroatoms. The zero-order valence-corrected chi connectivity index (χ0v) is 6.65. The van der Waals surface area contributed by atoms with E-state index in [2.05, 4.69) is 0 Å². The molecule has 0 aliphatic carbocycles. The lowest BCUT2D eigenvalue weighted by atomic mass is 10.4. The Hall–Kier alpha value is 0.330. The number of rotatable bonds is 2. The van der Waals surface area contributed by atoms with Crippen LogP contribution in [-0.2, 0) is 0 Å². The molecule has 0 saturated carbocycles. The maximum Gasteiger partial charge on any atom is 0.299 e. The second kappa shape index (κ2) is 3.37. The fourth-order valence-corrected chi connectivity index (χ4v) is 0.506. The van der Waals surface area contributed by atoms with E-state index < -0.39 is 3.93 Å². The lowest BCUT2D eigenvalue weighted by molar-refractivity contribution is 0.131. The Kier molecular flexibility index (Phi) is 3.51. The van der Waals surface area contributed by atoms with Crippen molar-refractivity contribution in [3.63, 3.8) is 0 Å². The van der Waals surface area contributed by atoms with Crippen LogP contribution in [0.3, 0.4) is 0 Å². The summed E-state index contributed by atoms with van der Waals surface area (Å²) in [6, 6.07) is 0. The largest absolute Gasteiger partial charge is 0.299 e. The summed E-state index contributed by atoms with van der Waals surface area (Å²) in [6.07, 6.45) is 2.91. The van der Waals surface area contributed by atoms with Crippen LogP contribution in [0.1, 0.15) is 13.3 Å². The molecule has 0 aliphatic rings. The molecular formula is C5H7F2I. The fourth-order valence-electron chi connectivity index (χ4n) is 0.251. The molecule has 0 rings (SSSR count). The van der Waals surface area contributed by atoms with Gasteiger partial charge in [-0.05, 0) is 29.5 Å². The van der Waals surface area contributed by atoms with Gasteiger partial charge < -0.3 is 0 Å². The monoisotopic (exact) mass is 232 g/mol. The molecule has 0 spiro atoms. The van der Waals surface area contributed by atoms with Gasteiger partial charge in [0.2, 0.25) is 0 Å². The Labute approximate surface area is 61.1 Å². The number of allylic oxidation sites excluding steroid dienone is 2. The summed E-state index contributed by atoms with van der Waals surface area (Å²) in [5.41, 5.74) is 0. The van der Waals surface area contributed by atoms with E-state index in [-0.39, 0.29) is 6.42 Å². The van der Waals surface area contributed by atoms with Gasteiger partial charge in [-0.1, -0.05) is 12.2 Å². The molecule has 0 nitrogen and oxygen atoms in total. The van der Waals surface area contributed by atoms with Gasteiger partial charge >= 0.3 is 0 Å².